The molecule has 70 valence electrons. The van der Waals surface area contributed by atoms with Crippen molar-refractivity contribution in [3.05, 3.63) is 0 Å². The standard InChI is InChI=1S/C6H10O2.C2H6.CH4.H2/c1-5(7)3-4-6(2)8;1-2;;/h3-4H2,1-2H3;1-2H3;1H4;1H/i;;;1+1. The molecule has 0 rings (SSSR count). The summed E-state index contributed by atoms with van der Waals surface area (Å²) in [6, 6.07) is 0. The van der Waals surface area contributed by atoms with Crippen LogP contribution in [0.25, 0.3) is 0 Å². The van der Waals surface area contributed by atoms with Crippen LogP contribution < -0.4 is 0 Å². The van der Waals surface area contributed by atoms with Crippen molar-refractivity contribution >= 4 is 11.6 Å². The predicted octanol–water partition coefficient (Wildman–Crippen LogP) is 2.85. The van der Waals surface area contributed by atoms with Crippen LogP contribution >= 0.6 is 0 Å². The average Bonchev–Trinajstić information content (AvgIpc) is 1.89. The van der Waals surface area contributed by atoms with E-state index in [-0.39, 0.29) is 20.4 Å². The van der Waals surface area contributed by atoms with Crippen molar-refractivity contribution in [1.29, 1.82) is 0 Å². The second-order valence-corrected chi connectivity index (χ2v) is 1.90. The SMILES string of the molecule is C.CC.CC(=O)CCC(C)=O.[2HH]. The highest BCUT2D eigenvalue weighted by Gasteiger charge is 1.95. The van der Waals surface area contributed by atoms with Crippen molar-refractivity contribution in [2.45, 2.75) is 48.0 Å². The fourth-order valence-electron chi connectivity index (χ4n) is 0.352. The molecule has 0 radical (unpaired) electrons. The molecule has 0 heterocycles. The number of hydrogen-bond donors (Lipinski definition) is 0. The zero-order valence-electron chi connectivity index (χ0n) is 7.23. The van der Waals surface area contributed by atoms with Crippen LogP contribution in [0.3, 0.4) is 0 Å². The van der Waals surface area contributed by atoms with E-state index in [0.717, 1.165) is 0 Å². The van der Waals surface area contributed by atoms with Gasteiger partial charge in [0.25, 0.3) is 0 Å². The molecule has 0 N–H and O–H groups in total. The highest BCUT2D eigenvalue weighted by molar-refractivity contribution is 5.83. The molecule has 0 spiro atoms. The van der Waals surface area contributed by atoms with Crippen LogP contribution in [0.15, 0.2) is 0 Å². The van der Waals surface area contributed by atoms with E-state index in [2.05, 4.69) is 0 Å². The number of Topliss-reactive ketones (excluding diaryl/α,β-unsaturated/α-hetero) is 2. The Morgan fingerprint density at radius 2 is 1.18 bits per heavy atom. The summed E-state index contributed by atoms with van der Waals surface area (Å²) in [5, 5.41) is 0. The van der Waals surface area contributed by atoms with Gasteiger partial charge in [-0.2, -0.15) is 0 Å². The molecule has 0 fully saturated rings. The third-order valence-electron chi connectivity index (χ3n) is 0.829. The van der Waals surface area contributed by atoms with Crippen LogP contribution in [0.1, 0.15) is 49.4 Å². The molecule has 2 nitrogen and oxygen atoms in total. The molecule has 0 aromatic carbocycles. The zero-order chi connectivity index (χ0) is 8.57. The van der Waals surface area contributed by atoms with Gasteiger partial charge < -0.3 is 9.59 Å². The molecule has 0 atom stereocenters. The average molecular weight is 163 g/mol. The molecule has 0 saturated heterocycles. The Morgan fingerprint density at radius 3 is 1.27 bits per heavy atom. The van der Waals surface area contributed by atoms with Crippen LogP contribution in [-0.2, 0) is 9.59 Å². The number of carbonyl (C=O) groups excluding carboxylic acids is 2. The summed E-state index contributed by atoms with van der Waals surface area (Å²) in [7, 11) is 0. The van der Waals surface area contributed by atoms with Crippen molar-refractivity contribution in [3.63, 3.8) is 0 Å². The Labute approximate surface area is 71.5 Å². The summed E-state index contributed by atoms with van der Waals surface area (Å²) in [6.07, 6.45) is 0.796. The topological polar surface area (TPSA) is 34.1 Å². The van der Waals surface area contributed by atoms with E-state index in [9.17, 15) is 9.59 Å². The molecule has 0 unspecified atom stereocenters. The Hall–Kier alpha value is -0.660. The van der Waals surface area contributed by atoms with Gasteiger partial charge in [0.05, 0.1) is 0 Å². The van der Waals surface area contributed by atoms with Crippen LogP contribution in [0.2, 0.25) is 0 Å². The van der Waals surface area contributed by atoms with E-state index in [0.29, 0.717) is 12.8 Å². The summed E-state index contributed by atoms with van der Waals surface area (Å²) >= 11 is 0. The number of hydrogen-bond acceptors (Lipinski definition) is 2. The lowest BCUT2D eigenvalue weighted by Gasteiger charge is -1.86. The van der Waals surface area contributed by atoms with Gasteiger partial charge in [-0.25, -0.2) is 0 Å². The molecule has 0 bridgehead atoms. The summed E-state index contributed by atoms with van der Waals surface area (Å²) < 4.78 is 0. The van der Waals surface area contributed by atoms with Crippen LogP contribution in [-0.4, -0.2) is 11.6 Å². The van der Waals surface area contributed by atoms with E-state index in [1.54, 1.807) is 0 Å². The lowest BCUT2D eigenvalue weighted by molar-refractivity contribution is -0.122. The fourth-order valence-corrected chi connectivity index (χ4v) is 0.352. The van der Waals surface area contributed by atoms with E-state index in [4.69, 9.17) is 0 Å². The summed E-state index contributed by atoms with van der Waals surface area (Å²) in [5.74, 6) is 0.167. The first-order chi connectivity index (χ1) is 4.63. The Kier molecular flexibility index (Phi) is 18.4. The first kappa shape index (κ1) is 16.7. The quantitative estimate of drug-likeness (QED) is 0.641. The maximum absolute atomic E-state index is 10.2. The molecular formula is C9H22O2. The lowest BCUT2D eigenvalue weighted by atomic mass is 10.2. The molecular weight excluding hydrogens is 140 g/mol. The van der Waals surface area contributed by atoms with E-state index in [1.165, 1.54) is 13.8 Å². The minimum atomic E-state index is 0. The van der Waals surface area contributed by atoms with Crippen molar-refractivity contribution in [2.24, 2.45) is 0 Å². The predicted molar refractivity (Wildman–Crippen MR) is 50.8 cm³/mol. The molecule has 0 aliphatic heterocycles. The Balaban J connectivity index is -0.0000000740. The molecule has 0 aliphatic rings. The molecule has 2 heteroatoms. The van der Waals surface area contributed by atoms with Crippen LogP contribution in [0, 0.1) is 0 Å². The molecule has 0 aromatic heterocycles. The van der Waals surface area contributed by atoms with Gasteiger partial charge in [0, 0.05) is 14.3 Å². The fraction of sp³-hybridized carbons (Fsp3) is 0.778. The van der Waals surface area contributed by atoms with E-state index < -0.39 is 0 Å². The second-order valence-electron chi connectivity index (χ2n) is 1.90. The maximum Gasteiger partial charge on any atom is 0.130 e. The highest BCUT2D eigenvalue weighted by atomic mass is 16.1. The first-order valence-electron chi connectivity index (χ1n) is 3.62. The third kappa shape index (κ3) is 26.7. The van der Waals surface area contributed by atoms with Gasteiger partial charge in [0.1, 0.15) is 11.6 Å². The van der Waals surface area contributed by atoms with Crippen molar-refractivity contribution in [1.82, 2.24) is 0 Å². The second kappa shape index (κ2) is 12.1. The Morgan fingerprint density at radius 1 is 1.00 bits per heavy atom. The van der Waals surface area contributed by atoms with Gasteiger partial charge in [0.2, 0.25) is 0 Å². The highest BCUT2D eigenvalue weighted by Crippen LogP contribution is 1.89. The van der Waals surface area contributed by atoms with Gasteiger partial charge in [-0.05, 0) is 13.8 Å². The minimum absolute atomic E-state index is 0. The summed E-state index contributed by atoms with van der Waals surface area (Å²) in [5.41, 5.74) is 0. The minimum Gasteiger partial charge on any atom is -0.300 e. The zero-order valence-corrected chi connectivity index (χ0v) is 7.23. The Bertz CT molecular complexity index is 97.1. The van der Waals surface area contributed by atoms with Crippen molar-refractivity contribution in [2.75, 3.05) is 0 Å². The van der Waals surface area contributed by atoms with E-state index >= 15 is 0 Å². The molecule has 0 aromatic rings. The number of carbonyl (C=O) groups is 2. The molecule has 0 aliphatic carbocycles. The summed E-state index contributed by atoms with van der Waals surface area (Å²) in [4.78, 5) is 20.4. The van der Waals surface area contributed by atoms with Crippen LogP contribution in [0.5, 0.6) is 0 Å². The number of ketones is 2. The smallest absolute Gasteiger partial charge is 0.130 e. The summed E-state index contributed by atoms with van der Waals surface area (Å²) in [6.45, 7) is 6.98. The van der Waals surface area contributed by atoms with Gasteiger partial charge in [-0.1, -0.05) is 21.3 Å². The van der Waals surface area contributed by atoms with Crippen molar-refractivity contribution in [3.8, 4) is 0 Å². The third-order valence-corrected chi connectivity index (χ3v) is 0.829. The van der Waals surface area contributed by atoms with Crippen LogP contribution in [0.4, 0.5) is 0 Å². The van der Waals surface area contributed by atoms with E-state index in [1.807, 2.05) is 13.8 Å². The largest absolute Gasteiger partial charge is 0.300 e. The first-order valence-corrected chi connectivity index (χ1v) is 3.62. The molecule has 0 saturated carbocycles. The normalized spacial score (nSPS) is 6.91. The van der Waals surface area contributed by atoms with Gasteiger partial charge in [0.15, 0.2) is 0 Å². The van der Waals surface area contributed by atoms with Gasteiger partial charge in [-0.3, -0.25) is 0 Å². The number of rotatable bonds is 3. The van der Waals surface area contributed by atoms with Gasteiger partial charge in [-0.15, -0.1) is 0 Å². The molecule has 11 heavy (non-hydrogen) atoms. The van der Waals surface area contributed by atoms with Gasteiger partial charge >= 0.3 is 0 Å². The lowest BCUT2D eigenvalue weighted by Crippen LogP contribution is -1.95. The molecule has 0 amide bonds. The monoisotopic (exact) mass is 163 g/mol. The van der Waals surface area contributed by atoms with Crippen molar-refractivity contribution < 1.29 is 11.0 Å². The maximum atomic E-state index is 10.2.